The number of thiocarbonyl (C=S) groups is 1. The maximum atomic E-state index is 13.9. The number of hydrogen-bond donors (Lipinski definition) is 2. The van der Waals surface area contributed by atoms with Crippen molar-refractivity contribution in [3.05, 3.63) is 29.6 Å². The standard InChI is InChI=1S/C14H21FN2OS/c1-3-10(4-2)17(8-9-18)12-7-5-6-11(15)13(12)14(16)19/h5-7,10,18H,3-4,8-9H2,1-2H3,(H2,16,19). The van der Waals surface area contributed by atoms with Crippen molar-refractivity contribution in [3.8, 4) is 0 Å². The lowest BCUT2D eigenvalue weighted by Gasteiger charge is -2.33. The van der Waals surface area contributed by atoms with Gasteiger partial charge >= 0.3 is 0 Å². The molecule has 0 saturated heterocycles. The monoisotopic (exact) mass is 284 g/mol. The summed E-state index contributed by atoms with van der Waals surface area (Å²) in [4.78, 5) is 2.03. The maximum Gasteiger partial charge on any atom is 0.135 e. The fraction of sp³-hybridized carbons (Fsp3) is 0.500. The van der Waals surface area contributed by atoms with Crippen molar-refractivity contribution in [3.63, 3.8) is 0 Å². The molecule has 0 radical (unpaired) electrons. The van der Waals surface area contributed by atoms with Gasteiger partial charge in [-0.2, -0.15) is 0 Å². The topological polar surface area (TPSA) is 49.5 Å². The van der Waals surface area contributed by atoms with E-state index in [4.69, 9.17) is 18.0 Å². The number of aliphatic hydroxyl groups excluding tert-OH is 1. The second-order valence-corrected chi connectivity index (χ2v) is 4.83. The Balaban J connectivity index is 3.29. The molecule has 0 spiro atoms. The molecule has 0 atom stereocenters. The predicted molar refractivity (Wildman–Crippen MR) is 81.1 cm³/mol. The first-order valence-corrected chi connectivity index (χ1v) is 6.93. The Morgan fingerprint density at radius 3 is 2.53 bits per heavy atom. The van der Waals surface area contributed by atoms with Crippen LogP contribution in [0.3, 0.4) is 0 Å². The van der Waals surface area contributed by atoms with Crippen LogP contribution in [0.15, 0.2) is 18.2 Å². The van der Waals surface area contributed by atoms with Crippen LogP contribution in [-0.4, -0.2) is 29.3 Å². The predicted octanol–water partition coefficient (Wildman–Crippen LogP) is 2.45. The van der Waals surface area contributed by atoms with Gasteiger partial charge in [0.05, 0.1) is 17.9 Å². The van der Waals surface area contributed by atoms with Gasteiger partial charge in [0.1, 0.15) is 10.8 Å². The van der Waals surface area contributed by atoms with Gasteiger partial charge in [-0.15, -0.1) is 0 Å². The van der Waals surface area contributed by atoms with E-state index >= 15 is 0 Å². The van der Waals surface area contributed by atoms with Gasteiger partial charge in [0.2, 0.25) is 0 Å². The van der Waals surface area contributed by atoms with Crippen molar-refractivity contribution < 1.29 is 9.50 Å². The SMILES string of the molecule is CCC(CC)N(CCO)c1cccc(F)c1C(N)=S. The van der Waals surface area contributed by atoms with E-state index in [9.17, 15) is 9.50 Å². The molecule has 0 aliphatic heterocycles. The lowest BCUT2D eigenvalue weighted by atomic mass is 10.1. The summed E-state index contributed by atoms with van der Waals surface area (Å²) >= 11 is 4.95. The van der Waals surface area contributed by atoms with Gasteiger partial charge in [0.25, 0.3) is 0 Å². The number of nitrogens with two attached hydrogens (primary N) is 1. The number of rotatable bonds is 7. The summed E-state index contributed by atoms with van der Waals surface area (Å²) < 4.78 is 13.9. The van der Waals surface area contributed by atoms with E-state index in [1.807, 2.05) is 4.90 Å². The van der Waals surface area contributed by atoms with Crippen LogP contribution >= 0.6 is 12.2 Å². The van der Waals surface area contributed by atoms with Crippen LogP contribution in [0.5, 0.6) is 0 Å². The van der Waals surface area contributed by atoms with Gasteiger partial charge in [-0.25, -0.2) is 4.39 Å². The Kier molecular flexibility index (Phi) is 6.18. The van der Waals surface area contributed by atoms with E-state index in [1.54, 1.807) is 12.1 Å². The smallest absolute Gasteiger partial charge is 0.135 e. The molecule has 0 unspecified atom stereocenters. The molecule has 0 aliphatic carbocycles. The molecule has 1 aromatic rings. The summed E-state index contributed by atoms with van der Waals surface area (Å²) in [6.45, 7) is 4.58. The molecule has 3 nitrogen and oxygen atoms in total. The van der Waals surface area contributed by atoms with E-state index in [0.717, 1.165) is 12.8 Å². The van der Waals surface area contributed by atoms with Crippen LogP contribution in [0.2, 0.25) is 0 Å². The highest BCUT2D eigenvalue weighted by molar-refractivity contribution is 7.80. The van der Waals surface area contributed by atoms with Crippen molar-refractivity contribution in [1.29, 1.82) is 0 Å². The Bertz CT molecular complexity index is 435. The summed E-state index contributed by atoms with van der Waals surface area (Å²) in [5.41, 5.74) is 6.56. The molecule has 0 saturated carbocycles. The molecular formula is C14H21FN2OS. The quantitative estimate of drug-likeness (QED) is 0.755. The highest BCUT2D eigenvalue weighted by Crippen LogP contribution is 2.26. The Labute approximate surface area is 119 Å². The molecule has 0 fully saturated rings. The number of hydrogen-bond acceptors (Lipinski definition) is 3. The Hall–Kier alpha value is -1.20. The number of halogens is 1. The second-order valence-electron chi connectivity index (χ2n) is 4.39. The van der Waals surface area contributed by atoms with Crippen LogP contribution in [0, 0.1) is 5.82 Å². The molecule has 106 valence electrons. The summed E-state index contributed by atoms with van der Waals surface area (Å²) in [5.74, 6) is -0.418. The third-order valence-electron chi connectivity index (χ3n) is 3.27. The first-order valence-electron chi connectivity index (χ1n) is 6.52. The fourth-order valence-electron chi connectivity index (χ4n) is 2.33. The van der Waals surface area contributed by atoms with Crippen molar-refractivity contribution >= 4 is 22.9 Å². The molecule has 1 rings (SSSR count). The zero-order chi connectivity index (χ0) is 14.4. The molecule has 0 amide bonds. The third-order valence-corrected chi connectivity index (χ3v) is 3.48. The zero-order valence-corrected chi connectivity index (χ0v) is 12.2. The van der Waals surface area contributed by atoms with Crippen LogP contribution < -0.4 is 10.6 Å². The lowest BCUT2D eigenvalue weighted by molar-refractivity contribution is 0.296. The lowest BCUT2D eigenvalue weighted by Crippen LogP contribution is -2.38. The molecule has 0 aromatic heterocycles. The summed E-state index contributed by atoms with van der Waals surface area (Å²) in [6.07, 6.45) is 1.81. The molecule has 0 heterocycles. The molecule has 1 aromatic carbocycles. The Morgan fingerprint density at radius 1 is 1.42 bits per heavy atom. The Morgan fingerprint density at radius 2 is 2.05 bits per heavy atom. The number of aliphatic hydroxyl groups is 1. The maximum absolute atomic E-state index is 13.9. The van der Waals surface area contributed by atoms with Crippen LogP contribution in [-0.2, 0) is 0 Å². The molecule has 19 heavy (non-hydrogen) atoms. The number of anilines is 1. The molecule has 5 heteroatoms. The minimum Gasteiger partial charge on any atom is -0.395 e. The number of nitrogens with zero attached hydrogens (tertiary/aromatic N) is 1. The minimum atomic E-state index is -0.418. The first-order chi connectivity index (χ1) is 9.06. The fourth-order valence-corrected chi connectivity index (χ4v) is 2.53. The minimum absolute atomic E-state index is 0.00376. The van der Waals surface area contributed by atoms with Crippen LogP contribution in [0.4, 0.5) is 10.1 Å². The van der Waals surface area contributed by atoms with Gasteiger partial charge in [0, 0.05) is 12.6 Å². The van der Waals surface area contributed by atoms with E-state index in [2.05, 4.69) is 13.8 Å². The van der Waals surface area contributed by atoms with Gasteiger partial charge in [-0.1, -0.05) is 32.1 Å². The zero-order valence-electron chi connectivity index (χ0n) is 11.4. The van der Waals surface area contributed by atoms with Crippen molar-refractivity contribution in [2.45, 2.75) is 32.7 Å². The average Bonchev–Trinajstić information content (AvgIpc) is 2.38. The summed E-state index contributed by atoms with van der Waals surface area (Å²) in [7, 11) is 0. The normalized spacial score (nSPS) is 10.8. The van der Waals surface area contributed by atoms with E-state index < -0.39 is 5.82 Å². The van der Waals surface area contributed by atoms with Crippen LogP contribution in [0.1, 0.15) is 32.3 Å². The summed E-state index contributed by atoms with van der Waals surface area (Å²) in [5, 5.41) is 9.24. The van der Waals surface area contributed by atoms with Crippen LogP contribution in [0.25, 0.3) is 0 Å². The number of benzene rings is 1. The van der Waals surface area contributed by atoms with Crippen molar-refractivity contribution in [1.82, 2.24) is 0 Å². The van der Waals surface area contributed by atoms with Gasteiger partial charge in [-0.05, 0) is 25.0 Å². The van der Waals surface area contributed by atoms with Gasteiger partial charge in [0.15, 0.2) is 0 Å². The second kappa shape index (κ2) is 7.40. The molecular weight excluding hydrogens is 263 g/mol. The molecule has 3 N–H and O–H groups in total. The van der Waals surface area contributed by atoms with Gasteiger partial charge < -0.3 is 15.7 Å². The largest absolute Gasteiger partial charge is 0.395 e. The highest BCUT2D eigenvalue weighted by atomic mass is 32.1. The van der Waals surface area contributed by atoms with E-state index in [-0.39, 0.29) is 23.2 Å². The highest BCUT2D eigenvalue weighted by Gasteiger charge is 2.21. The van der Waals surface area contributed by atoms with Crippen molar-refractivity contribution in [2.75, 3.05) is 18.1 Å². The average molecular weight is 284 g/mol. The molecule has 0 bridgehead atoms. The van der Waals surface area contributed by atoms with E-state index in [0.29, 0.717) is 12.2 Å². The third kappa shape index (κ3) is 3.64. The summed E-state index contributed by atoms with van der Waals surface area (Å²) in [6, 6.07) is 5.01. The first kappa shape index (κ1) is 15.9. The van der Waals surface area contributed by atoms with Gasteiger partial charge in [-0.3, -0.25) is 0 Å². The van der Waals surface area contributed by atoms with E-state index in [1.165, 1.54) is 6.07 Å². The van der Waals surface area contributed by atoms with Crippen molar-refractivity contribution in [2.24, 2.45) is 5.73 Å². The molecule has 0 aliphatic rings.